The molecule has 1 N–H and O–H groups in total. The fourth-order valence-corrected chi connectivity index (χ4v) is 3.19. The lowest BCUT2D eigenvalue weighted by Gasteiger charge is -2.15. The molecule has 1 aromatic heterocycles. The quantitative estimate of drug-likeness (QED) is 0.515. The van der Waals surface area contributed by atoms with Crippen LogP contribution in [0, 0.1) is 0 Å². The van der Waals surface area contributed by atoms with E-state index in [1.807, 2.05) is 41.2 Å². The van der Waals surface area contributed by atoms with E-state index in [1.165, 1.54) is 5.56 Å². The minimum Gasteiger partial charge on any atom is -0.362 e. The molecule has 0 spiro atoms. The molecule has 3 aromatic rings. The van der Waals surface area contributed by atoms with Crippen molar-refractivity contribution >= 4 is 28.5 Å². The molecule has 25 heavy (non-hydrogen) atoms. The topological polar surface area (TPSA) is 55.6 Å². The van der Waals surface area contributed by atoms with E-state index >= 15 is 0 Å². The predicted octanol–water partition coefficient (Wildman–Crippen LogP) is 4.62. The van der Waals surface area contributed by atoms with Crippen molar-refractivity contribution in [3.63, 3.8) is 0 Å². The lowest BCUT2D eigenvalue weighted by Crippen LogP contribution is -2.08. The third-order valence-electron chi connectivity index (χ3n) is 4.44. The average molecular weight is 348 g/mol. The van der Waals surface area contributed by atoms with Crippen molar-refractivity contribution < 1.29 is 0 Å². The molecule has 122 valence electrons. The van der Waals surface area contributed by atoms with Gasteiger partial charge in [-0.3, -0.25) is 4.98 Å². The zero-order valence-electron chi connectivity index (χ0n) is 13.4. The van der Waals surface area contributed by atoms with Crippen LogP contribution in [0.15, 0.2) is 54.9 Å². The molecular formula is C19H14ClN5. The maximum atomic E-state index is 6.07. The summed E-state index contributed by atoms with van der Waals surface area (Å²) in [4.78, 5) is 9.22. The number of benzene rings is 2. The Hall–Kier alpha value is -2.92. The molecule has 6 heteroatoms. The van der Waals surface area contributed by atoms with Crippen LogP contribution in [0.3, 0.4) is 0 Å². The summed E-state index contributed by atoms with van der Waals surface area (Å²) in [6.45, 7) is 2.08. The minimum atomic E-state index is 0.0868. The lowest BCUT2D eigenvalue weighted by atomic mass is 10.1. The molecule has 2 aromatic carbocycles. The summed E-state index contributed by atoms with van der Waals surface area (Å²) in [5.41, 5.74) is 5.14. The van der Waals surface area contributed by atoms with E-state index in [2.05, 4.69) is 39.4 Å². The van der Waals surface area contributed by atoms with Gasteiger partial charge in [0.25, 0.3) is 0 Å². The van der Waals surface area contributed by atoms with Crippen LogP contribution < -0.4 is 5.32 Å². The highest BCUT2D eigenvalue weighted by molar-refractivity contribution is 6.30. The molecule has 0 saturated carbocycles. The molecular weight excluding hydrogens is 334 g/mol. The highest BCUT2D eigenvalue weighted by Crippen LogP contribution is 2.35. The molecule has 5 nitrogen and oxygen atoms in total. The maximum Gasteiger partial charge on any atom is 0.183 e. The number of anilines is 1. The smallest absolute Gasteiger partial charge is 0.183 e. The molecule has 0 saturated heterocycles. The van der Waals surface area contributed by atoms with Gasteiger partial charge in [0, 0.05) is 16.8 Å². The van der Waals surface area contributed by atoms with Crippen LogP contribution in [0.25, 0.3) is 28.0 Å². The molecule has 3 heterocycles. The first-order valence-electron chi connectivity index (χ1n) is 8.06. The molecule has 1 atom stereocenters. The van der Waals surface area contributed by atoms with Gasteiger partial charge in [-0.2, -0.15) is 0 Å². The number of nitrogens with one attached hydrogen (secondary N) is 1. The van der Waals surface area contributed by atoms with E-state index < -0.39 is 0 Å². The monoisotopic (exact) mass is 347 g/mol. The average Bonchev–Trinajstić information content (AvgIpc) is 3.24. The molecule has 2 aliphatic rings. The van der Waals surface area contributed by atoms with Gasteiger partial charge < -0.3 is 5.32 Å². The summed E-state index contributed by atoms with van der Waals surface area (Å²) in [6.07, 6.45) is 3.79. The predicted molar refractivity (Wildman–Crippen MR) is 99.1 cm³/mol. The third kappa shape index (κ3) is 2.53. The zero-order valence-corrected chi connectivity index (χ0v) is 14.2. The maximum absolute atomic E-state index is 6.07. The van der Waals surface area contributed by atoms with E-state index in [1.54, 1.807) is 6.20 Å². The molecule has 2 aliphatic heterocycles. The minimum absolute atomic E-state index is 0.0868. The number of hydrogen-bond acceptors (Lipinski definition) is 4. The SMILES string of the molecule is C[C@@H](Nc1cnc2cc(-c3cn4nc3-4)ccc2n1)c1cccc(Cl)c1. The Morgan fingerprint density at radius 1 is 1.12 bits per heavy atom. The van der Waals surface area contributed by atoms with Crippen LogP contribution in [-0.4, -0.2) is 19.7 Å². The van der Waals surface area contributed by atoms with Crippen LogP contribution in [0.4, 0.5) is 5.82 Å². The molecule has 5 rings (SSSR count). The van der Waals surface area contributed by atoms with Gasteiger partial charge >= 0.3 is 0 Å². The van der Waals surface area contributed by atoms with Crippen LogP contribution in [-0.2, 0) is 0 Å². The van der Waals surface area contributed by atoms with Crippen LogP contribution in [0.2, 0.25) is 5.02 Å². The normalized spacial score (nSPS) is 13.0. The third-order valence-corrected chi connectivity index (χ3v) is 4.67. The van der Waals surface area contributed by atoms with E-state index in [-0.39, 0.29) is 6.04 Å². The summed E-state index contributed by atoms with van der Waals surface area (Å²) < 4.78 is 1.87. The van der Waals surface area contributed by atoms with Gasteiger partial charge in [-0.25, -0.2) is 9.67 Å². The first-order valence-corrected chi connectivity index (χ1v) is 8.44. The van der Waals surface area contributed by atoms with Crippen molar-refractivity contribution in [2.24, 2.45) is 0 Å². The number of aromatic nitrogens is 4. The molecule has 0 aliphatic carbocycles. The Bertz CT molecular complexity index is 1120. The fourth-order valence-electron chi connectivity index (χ4n) is 2.99. The number of nitrogens with zero attached hydrogens (tertiary/aromatic N) is 4. The molecule has 0 unspecified atom stereocenters. The summed E-state index contributed by atoms with van der Waals surface area (Å²) in [7, 11) is 0. The van der Waals surface area contributed by atoms with Crippen LogP contribution >= 0.6 is 11.6 Å². The van der Waals surface area contributed by atoms with E-state index in [9.17, 15) is 0 Å². The molecule has 0 amide bonds. The molecule has 0 radical (unpaired) electrons. The summed E-state index contributed by atoms with van der Waals surface area (Å²) >= 11 is 6.07. The molecule has 0 bridgehead atoms. The lowest BCUT2D eigenvalue weighted by molar-refractivity contribution is 0.874. The summed E-state index contributed by atoms with van der Waals surface area (Å²) in [6, 6.07) is 14.0. The van der Waals surface area contributed by atoms with Crippen LogP contribution in [0.5, 0.6) is 0 Å². The number of rotatable bonds is 4. The van der Waals surface area contributed by atoms with Crippen molar-refractivity contribution in [2.75, 3.05) is 5.32 Å². The second kappa shape index (κ2) is 5.29. The van der Waals surface area contributed by atoms with E-state index in [4.69, 9.17) is 11.6 Å². The number of halogens is 1. The highest BCUT2D eigenvalue weighted by atomic mass is 35.5. The van der Waals surface area contributed by atoms with Crippen molar-refractivity contribution in [1.29, 1.82) is 0 Å². The van der Waals surface area contributed by atoms with Gasteiger partial charge in [-0.1, -0.05) is 29.8 Å². The van der Waals surface area contributed by atoms with Gasteiger partial charge in [0.05, 0.1) is 23.3 Å². The summed E-state index contributed by atoms with van der Waals surface area (Å²) in [5.74, 6) is 1.80. The molecule has 0 fully saturated rings. The Balaban J connectivity index is 1.42. The second-order valence-electron chi connectivity index (χ2n) is 6.19. The Morgan fingerprint density at radius 2 is 2.04 bits per heavy atom. The van der Waals surface area contributed by atoms with E-state index in [0.717, 1.165) is 38.8 Å². The first kappa shape index (κ1) is 14.4. The van der Waals surface area contributed by atoms with Crippen molar-refractivity contribution in [1.82, 2.24) is 19.7 Å². The van der Waals surface area contributed by atoms with Gasteiger partial charge in [-0.05, 0) is 42.3 Å². The Morgan fingerprint density at radius 3 is 2.80 bits per heavy atom. The largest absolute Gasteiger partial charge is 0.362 e. The van der Waals surface area contributed by atoms with Crippen LogP contribution in [0.1, 0.15) is 18.5 Å². The summed E-state index contributed by atoms with van der Waals surface area (Å²) in [5, 5.41) is 8.30. The Labute approximate surface area is 149 Å². The number of hydrogen-bond donors (Lipinski definition) is 1. The van der Waals surface area contributed by atoms with Crippen molar-refractivity contribution in [3.05, 3.63) is 65.4 Å². The zero-order chi connectivity index (χ0) is 17.0. The van der Waals surface area contributed by atoms with Gasteiger partial charge in [0.1, 0.15) is 5.82 Å². The first-order chi connectivity index (χ1) is 12.2. The van der Waals surface area contributed by atoms with Gasteiger partial charge in [0.15, 0.2) is 5.82 Å². The number of fused-ring (bicyclic) bond motifs is 2. The Kier molecular flexibility index (Phi) is 3.05. The fraction of sp³-hybridized carbons (Fsp3) is 0.105. The standard InChI is InChI=1S/C19H14ClN5/c1-11(12-3-2-4-14(20)7-12)22-18-9-21-17-8-13(5-6-16(17)23-18)15-10-25-19(15)24-25/h2-11H,1H3,(H,22,23)/t11-,25?/m1/s1. The van der Waals surface area contributed by atoms with Gasteiger partial charge in [0.2, 0.25) is 0 Å². The van der Waals surface area contributed by atoms with Crippen molar-refractivity contribution in [2.45, 2.75) is 13.0 Å². The van der Waals surface area contributed by atoms with E-state index in [0.29, 0.717) is 0 Å². The van der Waals surface area contributed by atoms with Crippen molar-refractivity contribution in [3.8, 4) is 16.9 Å². The highest BCUT2D eigenvalue weighted by Gasteiger charge is 2.25. The second-order valence-corrected chi connectivity index (χ2v) is 6.63. The van der Waals surface area contributed by atoms with Gasteiger partial charge in [-0.15, -0.1) is 5.10 Å².